The first kappa shape index (κ1) is 36.5. The topological polar surface area (TPSA) is 3.24 Å². The maximum absolute atomic E-state index is 2.73. The number of nitrogens with zero attached hydrogens (tertiary/aromatic N) is 1. The molecule has 306 valence electrons. The summed E-state index contributed by atoms with van der Waals surface area (Å²) in [6.45, 7) is 0. The largest absolute Gasteiger partial charge is 0.311 e. The zero-order valence-corrected chi connectivity index (χ0v) is 35.8. The van der Waals surface area contributed by atoms with Crippen molar-refractivity contribution in [1.82, 2.24) is 0 Å². The summed E-state index contributed by atoms with van der Waals surface area (Å²) < 4.78 is 0. The fourth-order valence-electron chi connectivity index (χ4n) is 13.6. The van der Waals surface area contributed by atoms with E-state index in [1.807, 2.05) is 0 Å². The van der Waals surface area contributed by atoms with Crippen molar-refractivity contribution in [1.29, 1.82) is 0 Å². The van der Waals surface area contributed by atoms with Gasteiger partial charge in [0, 0.05) is 52.6 Å². The van der Waals surface area contributed by atoms with Gasteiger partial charge in [-0.25, -0.2) is 0 Å². The van der Waals surface area contributed by atoms with Gasteiger partial charge in [-0.05, 0) is 122 Å². The predicted molar refractivity (Wildman–Crippen MR) is 264 cm³/mol. The molecule has 0 amide bonds. The molecular formula is C63H49N. The van der Waals surface area contributed by atoms with Crippen molar-refractivity contribution in [3.05, 3.63) is 281 Å². The molecule has 9 atom stereocenters. The van der Waals surface area contributed by atoms with Crippen LogP contribution in [0.15, 0.2) is 242 Å². The second kappa shape index (κ2) is 14.0. The molecule has 14 rings (SSSR count). The van der Waals surface area contributed by atoms with Gasteiger partial charge in [0.2, 0.25) is 0 Å². The second-order valence-corrected chi connectivity index (χ2v) is 19.4. The van der Waals surface area contributed by atoms with Crippen LogP contribution in [0.2, 0.25) is 0 Å². The highest BCUT2D eigenvalue weighted by Crippen LogP contribution is 2.67. The third-order valence-corrected chi connectivity index (χ3v) is 16.4. The van der Waals surface area contributed by atoms with E-state index in [0.29, 0.717) is 29.6 Å². The summed E-state index contributed by atoms with van der Waals surface area (Å²) in [5.74, 6) is 2.87. The Morgan fingerprint density at radius 3 is 2.19 bits per heavy atom. The Morgan fingerprint density at radius 2 is 1.27 bits per heavy atom. The van der Waals surface area contributed by atoms with Crippen LogP contribution < -0.4 is 4.90 Å². The molecule has 0 aromatic heterocycles. The number of rotatable bonds is 3. The summed E-state index contributed by atoms with van der Waals surface area (Å²) in [4.78, 5) is 2.48. The van der Waals surface area contributed by atoms with Crippen molar-refractivity contribution in [3.63, 3.8) is 0 Å². The molecule has 5 aromatic rings. The van der Waals surface area contributed by atoms with Gasteiger partial charge in [0.15, 0.2) is 0 Å². The Hall–Kier alpha value is -6.96. The standard InChI is InChI=1S/C63H49N/c1-2-14-40(15-3-1)41-26-30-47(31-27-41)64-48-19-7-6-18-46(35-48)55-36-42(29-33-62(55)64)43-28-32-53-51-22-10-12-24-58(51)63(60(53)37-43)59-25-13-11-23-52(59)57-38-54-45-17-5-4-16-44(34-45)49-20-8-9-21-50(49)56(54)39-61(57)63/h1-33,35,37-39,42,44-46,49-50,52,59H,34,36H2. The minimum absolute atomic E-state index is 0.260. The zero-order valence-electron chi connectivity index (χ0n) is 35.8. The van der Waals surface area contributed by atoms with Crippen molar-refractivity contribution in [3.8, 4) is 22.3 Å². The average molecular weight is 820 g/mol. The first-order chi connectivity index (χ1) is 31.7. The van der Waals surface area contributed by atoms with E-state index >= 15 is 0 Å². The molecule has 1 heterocycles. The van der Waals surface area contributed by atoms with Gasteiger partial charge in [-0.2, -0.15) is 0 Å². The minimum Gasteiger partial charge on any atom is -0.311 e. The molecule has 9 unspecified atom stereocenters. The number of hydrogen-bond donors (Lipinski definition) is 0. The zero-order chi connectivity index (χ0) is 41.9. The molecule has 0 saturated carbocycles. The minimum atomic E-state index is -0.292. The van der Waals surface area contributed by atoms with Crippen LogP contribution in [0.5, 0.6) is 0 Å². The van der Waals surface area contributed by atoms with Crippen LogP contribution >= 0.6 is 0 Å². The van der Waals surface area contributed by atoms with Gasteiger partial charge in [0.1, 0.15) is 0 Å². The first-order valence-corrected chi connectivity index (χ1v) is 23.6. The highest BCUT2D eigenvalue weighted by atomic mass is 15.2. The number of benzene rings is 5. The first-order valence-electron chi connectivity index (χ1n) is 23.6. The second-order valence-electron chi connectivity index (χ2n) is 19.4. The van der Waals surface area contributed by atoms with Crippen molar-refractivity contribution in [2.75, 3.05) is 4.90 Å². The Balaban J connectivity index is 0.899. The van der Waals surface area contributed by atoms with Gasteiger partial charge >= 0.3 is 0 Å². The van der Waals surface area contributed by atoms with Crippen LogP contribution in [-0.4, -0.2) is 0 Å². The third kappa shape index (κ3) is 5.19. The Bertz CT molecular complexity index is 3150. The lowest BCUT2D eigenvalue weighted by Crippen LogP contribution is -2.33. The Morgan fingerprint density at radius 1 is 0.500 bits per heavy atom. The normalized spacial score (nSPS) is 29.9. The van der Waals surface area contributed by atoms with Gasteiger partial charge in [-0.1, -0.05) is 194 Å². The molecule has 4 bridgehead atoms. The molecule has 0 saturated heterocycles. The molecule has 64 heavy (non-hydrogen) atoms. The average Bonchev–Trinajstić information content (AvgIpc) is 3.49. The predicted octanol–water partition coefficient (Wildman–Crippen LogP) is 15.0. The fraction of sp³-hybridized carbons (Fsp3) is 0.175. The van der Waals surface area contributed by atoms with E-state index in [4.69, 9.17) is 0 Å². The van der Waals surface area contributed by atoms with Crippen LogP contribution in [0.4, 0.5) is 5.69 Å². The summed E-state index contributed by atoms with van der Waals surface area (Å²) in [5.41, 5.74) is 20.7. The Labute approximate surface area is 377 Å². The van der Waals surface area contributed by atoms with E-state index in [2.05, 4.69) is 230 Å². The molecule has 0 fully saturated rings. The highest BCUT2D eigenvalue weighted by molar-refractivity contribution is 5.87. The van der Waals surface area contributed by atoms with Crippen molar-refractivity contribution < 1.29 is 0 Å². The van der Waals surface area contributed by atoms with Gasteiger partial charge in [-0.15, -0.1) is 0 Å². The van der Waals surface area contributed by atoms with Crippen LogP contribution in [0.3, 0.4) is 0 Å². The summed E-state index contributed by atoms with van der Waals surface area (Å²) in [7, 11) is 0. The van der Waals surface area contributed by atoms with Crippen molar-refractivity contribution in [2.24, 2.45) is 23.7 Å². The molecule has 0 radical (unpaired) electrons. The molecule has 5 aromatic carbocycles. The quantitative estimate of drug-likeness (QED) is 0.175. The van der Waals surface area contributed by atoms with Crippen LogP contribution in [0, 0.1) is 23.7 Å². The van der Waals surface area contributed by atoms with E-state index in [1.165, 1.54) is 78.3 Å². The Kier molecular flexibility index (Phi) is 8.00. The van der Waals surface area contributed by atoms with E-state index in [1.54, 1.807) is 5.56 Å². The summed E-state index contributed by atoms with van der Waals surface area (Å²) in [6.07, 6.45) is 47.6. The van der Waals surface area contributed by atoms with Gasteiger partial charge in [0.25, 0.3) is 0 Å². The van der Waals surface area contributed by atoms with Gasteiger partial charge in [-0.3, -0.25) is 0 Å². The monoisotopic (exact) mass is 819 g/mol. The van der Waals surface area contributed by atoms with E-state index in [0.717, 1.165) is 12.8 Å². The van der Waals surface area contributed by atoms with Crippen LogP contribution in [0.25, 0.3) is 22.3 Å². The van der Waals surface area contributed by atoms with E-state index < -0.39 is 0 Å². The maximum Gasteiger partial charge on any atom is 0.0538 e. The van der Waals surface area contributed by atoms with Crippen LogP contribution in [-0.2, 0) is 5.41 Å². The number of anilines is 1. The SMILES string of the molecule is C1=CC2=CC(C=C1)C1=C(C=CC(c3ccc4c(c3)C3(c5ccccc5-4)c4cc5c(cc4C4C=CC=CC43)C3C=CC=CC(C3)C3C=CC=CC53)C1)N2c1ccc(-c2ccccc2)cc1. The van der Waals surface area contributed by atoms with Crippen LogP contribution in [0.1, 0.15) is 75.5 Å². The molecule has 1 heteroatoms. The lowest BCUT2D eigenvalue weighted by molar-refractivity contribution is 0.417. The summed E-state index contributed by atoms with van der Waals surface area (Å²) in [6, 6.07) is 42.2. The van der Waals surface area contributed by atoms with Gasteiger partial charge in [0.05, 0.1) is 5.41 Å². The van der Waals surface area contributed by atoms with Crippen molar-refractivity contribution >= 4 is 5.69 Å². The summed E-state index contributed by atoms with van der Waals surface area (Å²) in [5, 5.41) is 0. The molecule has 9 aliphatic rings. The van der Waals surface area contributed by atoms with E-state index in [-0.39, 0.29) is 23.2 Å². The lowest BCUT2D eigenvalue weighted by Gasteiger charge is -2.39. The molecule has 1 aliphatic heterocycles. The molecule has 0 N–H and O–H groups in total. The smallest absolute Gasteiger partial charge is 0.0538 e. The number of fused-ring (bicyclic) bond motifs is 19. The molecule has 1 spiro atoms. The van der Waals surface area contributed by atoms with E-state index in [9.17, 15) is 0 Å². The van der Waals surface area contributed by atoms with Crippen molar-refractivity contribution in [2.45, 2.75) is 41.9 Å². The van der Waals surface area contributed by atoms with Gasteiger partial charge < -0.3 is 4.90 Å². The maximum atomic E-state index is 2.73. The number of allylic oxidation sites excluding steroid dienone is 20. The number of hydrogen-bond acceptors (Lipinski definition) is 1. The summed E-state index contributed by atoms with van der Waals surface area (Å²) >= 11 is 0. The molecular weight excluding hydrogens is 771 g/mol. The highest BCUT2D eigenvalue weighted by Gasteiger charge is 2.58. The third-order valence-electron chi connectivity index (χ3n) is 16.4. The fourth-order valence-corrected chi connectivity index (χ4v) is 13.6. The molecule has 8 aliphatic carbocycles. The molecule has 1 nitrogen and oxygen atoms in total. The lowest BCUT2D eigenvalue weighted by atomic mass is 9.64.